The molecule has 0 unspecified atom stereocenters. The fourth-order valence-corrected chi connectivity index (χ4v) is 3.14. The van der Waals surface area contributed by atoms with Crippen LogP contribution < -0.4 is 4.90 Å². The van der Waals surface area contributed by atoms with Gasteiger partial charge in [0, 0.05) is 31.3 Å². The van der Waals surface area contributed by atoms with Crippen LogP contribution in [0.5, 0.6) is 0 Å². The maximum atomic E-state index is 5.52. The monoisotopic (exact) mass is 285 g/mol. The maximum absolute atomic E-state index is 5.52. The first-order valence-corrected chi connectivity index (χ1v) is 7.67. The van der Waals surface area contributed by atoms with Crippen molar-refractivity contribution < 1.29 is 9.26 Å². The third-order valence-electron chi connectivity index (χ3n) is 4.32. The number of benzene rings is 1. The van der Waals surface area contributed by atoms with E-state index in [1.54, 1.807) is 0 Å². The Morgan fingerprint density at radius 3 is 2.81 bits per heavy atom. The summed E-state index contributed by atoms with van der Waals surface area (Å²) >= 11 is 0. The molecule has 2 fully saturated rings. The van der Waals surface area contributed by atoms with Crippen molar-refractivity contribution in [3.8, 4) is 11.5 Å². The van der Waals surface area contributed by atoms with Gasteiger partial charge in [0.05, 0.1) is 12.2 Å². The second kappa shape index (κ2) is 5.48. The number of ether oxygens (including phenoxy) is 1. The molecule has 2 aliphatic rings. The molecule has 5 heteroatoms. The second-order valence-corrected chi connectivity index (χ2v) is 5.73. The first-order chi connectivity index (χ1) is 10.4. The van der Waals surface area contributed by atoms with E-state index in [-0.39, 0.29) is 5.92 Å². The van der Waals surface area contributed by atoms with Gasteiger partial charge in [-0.05, 0) is 31.4 Å². The molecule has 4 rings (SSSR count). The molecule has 2 aliphatic heterocycles. The smallest absolute Gasteiger partial charge is 0.260 e. The normalized spacial score (nSPS) is 22.1. The Hall–Kier alpha value is -1.88. The Morgan fingerprint density at radius 1 is 1.14 bits per heavy atom. The van der Waals surface area contributed by atoms with Crippen LogP contribution in [0, 0.1) is 0 Å². The Balaban J connectivity index is 1.66. The minimum absolute atomic E-state index is 0.279. The zero-order chi connectivity index (χ0) is 14.1. The van der Waals surface area contributed by atoms with Crippen molar-refractivity contribution in [1.29, 1.82) is 0 Å². The number of nitrogens with zero attached hydrogens (tertiary/aromatic N) is 3. The average molecular weight is 285 g/mol. The minimum atomic E-state index is 0.279. The molecule has 0 saturated carbocycles. The van der Waals surface area contributed by atoms with E-state index >= 15 is 0 Å². The molecule has 1 aromatic carbocycles. The van der Waals surface area contributed by atoms with Gasteiger partial charge in [-0.1, -0.05) is 17.3 Å². The first-order valence-electron chi connectivity index (χ1n) is 7.67. The molecule has 110 valence electrons. The minimum Gasteiger partial charge on any atom is -0.381 e. The average Bonchev–Trinajstić information content (AvgIpc) is 3.27. The van der Waals surface area contributed by atoms with E-state index in [0.717, 1.165) is 37.5 Å². The number of hydrogen-bond acceptors (Lipinski definition) is 5. The highest BCUT2D eigenvalue weighted by molar-refractivity contribution is 5.73. The summed E-state index contributed by atoms with van der Waals surface area (Å²) in [4.78, 5) is 7.01. The highest BCUT2D eigenvalue weighted by atomic mass is 16.5. The molecule has 21 heavy (non-hydrogen) atoms. The zero-order valence-corrected chi connectivity index (χ0v) is 12.0. The van der Waals surface area contributed by atoms with E-state index in [9.17, 15) is 0 Å². The van der Waals surface area contributed by atoms with Crippen molar-refractivity contribution in [2.45, 2.75) is 25.2 Å². The lowest BCUT2D eigenvalue weighted by Crippen LogP contribution is -2.18. The number of hydrogen-bond donors (Lipinski definition) is 0. The van der Waals surface area contributed by atoms with Gasteiger partial charge in [-0.15, -0.1) is 0 Å². The van der Waals surface area contributed by atoms with Crippen molar-refractivity contribution in [2.24, 2.45) is 0 Å². The molecule has 0 N–H and O–H groups in total. The summed E-state index contributed by atoms with van der Waals surface area (Å²) in [6.07, 6.45) is 3.48. The fraction of sp³-hybridized carbons (Fsp3) is 0.500. The van der Waals surface area contributed by atoms with Crippen LogP contribution in [0.15, 0.2) is 28.8 Å². The maximum Gasteiger partial charge on any atom is 0.260 e. The van der Waals surface area contributed by atoms with Crippen molar-refractivity contribution in [3.63, 3.8) is 0 Å². The van der Waals surface area contributed by atoms with Crippen LogP contribution in [0.25, 0.3) is 11.5 Å². The molecule has 0 spiro atoms. The van der Waals surface area contributed by atoms with E-state index in [4.69, 9.17) is 9.26 Å². The summed E-state index contributed by atoms with van der Waals surface area (Å²) < 4.78 is 10.9. The number of aromatic nitrogens is 2. The lowest BCUT2D eigenvalue weighted by atomic mass is 10.1. The van der Waals surface area contributed by atoms with Gasteiger partial charge in [0.1, 0.15) is 0 Å². The van der Waals surface area contributed by atoms with Gasteiger partial charge in [-0.25, -0.2) is 0 Å². The van der Waals surface area contributed by atoms with Crippen LogP contribution in [0.3, 0.4) is 0 Å². The van der Waals surface area contributed by atoms with Gasteiger partial charge in [0.15, 0.2) is 5.82 Å². The largest absolute Gasteiger partial charge is 0.381 e. The van der Waals surface area contributed by atoms with Gasteiger partial charge in [0.2, 0.25) is 0 Å². The molecule has 0 amide bonds. The van der Waals surface area contributed by atoms with Gasteiger partial charge >= 0.3 is 0 Å². The second-order valence-electron chi connectivity index (χ2n) is 5.73. The number of rotatable bonds is 3. The van der Waals surface area contributed by atoms with Crippen LogP contribution in [0.2, 0.25) is 0 Å². The van der Waals surface area contributed by atoms with Crippen molar-refractivity contribution in [3.05, 3.63) is 30.1 Å². The quantitative estimate of drug-likeness (QED) is 0.868. The van der Waals surface area contributed by atoms with Crippen LogP contribution in [0.4, 0.5) is 5.69 Å². The standard InChI is InChI=1S/C16H19N3O2/c1-2-6-14(19-8-3-4-9-19)13(5-1)16-17-15(18-21-16)12-7-10-20-11-12/h1-2,5-6,12H,3-4,7-11H2/t12-/m0/s1. The predicted molar refractivity (Wildman–Crippen MR) is 79.4 cm³/mol. The van der Waals surface area contributed by atoms with Crippen molar-refractivity contribution in [1.82, 2.24) is 10.1 Å². The Labute approximate surface area is 123 Å². The van der Waals surface area contributed by atoms with Crippen LogP contribution >= 0.6 is 0 Å². The number of anilines is 1. The lowest BCUT2D eigenvalue weighted by molar-refractivity contribution is 0.192. The molecular weight excluding hydrogens is 266 g/mol. The topological polar surface area (TPSA) is 51.4 Å². The van der Waals surface area contributed by atoms with Gasteiger partial charge < -0.3 is 14.2 Å². The molecule has 1 aromatic heterocycles. The molecule has 0 radical (unpaired) electrons. The van der Waals surface area contributed by atoms with E-state index in [1.165, 1.54) is 18.5 Å². The molecule has 0 aliphatic carbocycles. The molecule has 1 atom stereocenters. The molecule has 2 aromatic rings. The molecule has 2 saturated heterocycles. The van der Waals surface area contributed by atoms with Crippen LogP contribution in [0.1, 0.15) is 31.0 Å². The summed E-state index contributed by atoms with van der Waals surface area (Å²) in [7, 11) is 0. The van der Waals surface area contributed by atoms with Gasteiger partial charge in [0.25, 0.3) is 5.89 Å². The zero-order valence-electron chi connectivity index (χ0n) is 12.0. The third-order valence-corrected chi connectivity index (χ3v) is 4.32. The van der Waals surface area contributed by atoms with Crippen molar-refractivity contribution in [2.75, 3.05) is 31.2 Å². The Kier molecular flexibility index (Phi) is 3.35. The molecular formula is C16H19N3O2. The summed E-state index contributed by atoms with van der Waals surface area (Å²) in [5, 5.41) is 4.16. The Bertz CT molecular complexity index is 613. The highest BCUT2D eigenvalue weighted by Crippen LogP contribution is 2.33. The first kappa shape index (κ1) is 12.8. The van der Waals surface area contributed by atoms with Gasteiger partial charge in [-0.2, -0.15) is 4.98 Å². The highest BCUT2D eigenvalue weighted by Gasteiger charge is 2.25. The van der Waals surface area contributed by atoms with Gasteiger partial charge in [-0.3, -0.25) is 0 Å². The summed E-state index contributed by atoms with van der Waals surface area (Å²) in [5.74, 6) is 1.68. The fourth-order valence-electron chi connectivity index (χ4n) is 3.14. The van der Waals surface area contributed by atoms with Crippen molar-refractivity contribution >= 4 is 5.69 Å². The predicted octanol–water partition coefficient (Wildman–Crippen LogP) is 2.84. The summed E-state index contributed by atoms with van der Waals surface area (Å²) in [6, 6.07) is 8.30. The van der Waals surface area contributed by atoms with Crippen LogP contribution in [-0.4, -0.2) is 36.4 Å². The van der Waals surface area contributed by atoms with E-state index < -0.39 is 0 Å². The Morgan fingerprint density at radius 2 is 2.00 bits per heavy atom. The lowest BCUT2D eigenvalue weighted by Gasteiger charge is -2.19. The van der Waals surface area contributed by atoms with E-state index in [1.807, 2.05) is 6.07 Å². The number of para-hydroxylation sites is 1. The molecule has 5 nitrogen and oxygen atoms in total. The SMILES string of the molecule is c1ccc(N2CCCC2)c(-c2nc([C@H]3CCOC3)no2)c1. The summed E-state index contributed by atoms with van der Waals surface area (Å²) in [5.41, 5.74) is 2.24. The van der Waals surface area contributed by atoms with E-state index in [2.05, 4.69) is 33.2 Å². The summed E-state index contributed by atoms with van der Waals surface area (Å²) in [6.45, 7) is 3.70. The van der Waals surface area contributed by atoms with E-state index in [0.29, 0.717) is 12.5 Å². The molecule has 3 heterocycles. The molecule has 0 bridgehead atoms. The third kappa shape index (κ3) is 2.42. The van der Waals surface area contributed by atoms with Crippen LogP contribution in [-0.2, 0) is 4.74 Å².